The monoisotopic (exact) mass is 169 g/mol. The standard InChI is InChI=1S/C8H8ClNO/c1-5-4-7-8(11-5)6(9)2-3-10-7/h2-3,5H,4H2,1H3. The first-order valence-corrected chi connectivity index (χ1v) is 3.95. The van der Waals surface area contributed by atoms with Gasteiger partial charge in [-0.15, -0.1) is 0 Å². The molecule has 3 heteroatoms. The minimum absolute atomic E-state index is 0.220. The Morgan fingerprint density at radius 2 is 2.55 bits per heavy atom. The van der Waals surface area contributed by atoms with Crippen molar-refractivity contribution >= 4 is 11.6 Å². The molecule has 0 saturated carbocycles. The molecule has 0 radical (unpaired) electrons. The van der Waals surface area contributed by atoms with Crippen molar-refractivity contribution in [3.8, 4) is 5.75 Å². The molecule has 1 aliphatic heterocycles. The first-order chi connectivity index (χ1) is 5.27. The van der Waals surface area contributed by atoms with Crippen LogP contribution in [-0.4, -0.2) is 11.1 Å². The third-order valence-corrected chi connectivity index (χ3v) is 2.03. The molecule has 0 aromatic carbocycles. The Bertz CT molecular complexity index is 287. The van der Waals surface area contributed by atoms with E-state index in [9.17, 15) is 0 Å². The molecule has 1 atom stereocenters. The van der Waals surface area contributed by atoms with Crippen LogP contribution in [0.5, 0.6) is 5.75 Å². The van der Waals surface area contributed by atoms with Gasteiger partial charge < -0.3 is 4.74 Å². The maximum atomic E-state index is 5.87. The number of fused-ring (bicyclic) bond motifs is 1. The van der Waals surface area contributed by atoms with E-state index in [1.807, 2.05) is 6.92 Å². The second kappa shape index (κ2) is 2.38. The number of aromatic nitrogens is 1. The molecule has 0 fully saturated rings. The Hall–Kier alpha value is -0.760. The molecule has 0 N–H and O–H groups in total. The van der Waals surface area contributed by atoms with Gasteiger partial charge in [0.1, 0.15) is 6.10 Å². The van der Waals surface area contributed by atoms with E-state index in [1.165, 1.54) is 0 Å². The number of pyridine rings is 1. The number of hydrogen-bond donors (Lipinski definition) is 0. The van der Waals surface area contributed by atoms with Crippen LogP contribution >= 0.6 is 11.6 Å². The molecule has 58 valence electrons. The predicted octanol–water partition coefficient (Wildman–Crippen LogP) is 2.06. The summed E-state index contributed by atoms with van der Waals surface area (Å²) in [7, 11) is 0. The van der Waals surface area contributed by atoms with Crippen LogP contribution in [0.4, 0.5) is 0 Å². The van der Waals surface area contributed by atoms with Crippen LogP contribution in [-0.2, 0) is 6.42 Å². The van der Waals surface area contributed by atoms with Crippen LogP contribution in [0.15, 0.2) is 12.3 Å². The summed E-state index contributed by atoms with van der Waals surface area (Å²) < 4.78 is 5.44. The summed E-state index contributed by atoms with van der Waals surface area (Å²) in [4.78, 5) is 4.16. The highest BCUT2D eigenvalue weighted by molar-refractivity contribution is 6.32. The van der Waals surface area contributed by atoms with E-state index in [-0.39, 0.29) is 6.10 Å². The lowest BCUT2D eigenvalue weighted by Crippen LogP contribution is -2.05. The average Bonchev–Trinajstić information content (AvgIpc) is 2.31. The number of hydrogen-bond acceptors (Lipinski definition) is 2. The fourth-order valence-electron chi connectivity index (χ4n) is 1.25. The lowest BCUT2D eigenvalue weighted by Gasteiger charge is -2.02. The number of ether oxygens (including phenoxy) is 1. The highest BCUT2D eigenvalue weighted by Crippen LogP contribution is 2.33. The Morgan fingerprint density at radius 3 is 3.27 bits per heavy atom. The summed E-state index contributed by atoms with van der Waals surface area (Å²) in [5, 5.41) is 0.666. The molecule has 0 spiro atoms. The van der Waals surface area contributed by atoms with Gasteiger partial charge in [0, 0.05) is 12.6 Å². The topological polar surface area (TPSA) is 22.1 Å². The molecule has 0 bridgehead atoms. The molecule has 2 heterocycles. The normalized spacial score (nSPS) is 21.1. The minimum atomic E-state index is 0.220. The van der Waals surface area contributed by atoms with E-state index in [2.05, 4.69) is 4.98 Å². The molecule has 0 amide bonds. The quantitative estimate of drug-likeness (QED) is 0.593. The largest absolute Gasteiger partial charge is 0.487 e. The van der Waals surface area contributed by atoms with Crippen molar-refractivity contribution in [3.63, 3.8) is 0 Å². The van der Waals surface area contributed by atoms with Gasteiger partial charge in [-0.25, -0.2) is 0 Å². The fourth-order valence-corrected chi connectivity index (χ4v) is 1.46. The summed E-state index contributed by atoms with van der Waals surface area (Å²) >= 11 is 5.87. The molecule has 0 saturated heterocycles. The molecule has 2 nitrogen and oxygen atoms in total. The Kier molecular flexibility index (Phi) is 1.50. The third-order valence-electron chi connectivity index (χ3n) is 1.73. The molecule has 1 aromatic rings. The zero-order valence-corrected chi connectivity index (χ0v) is 6.93. The van der Waals surface area contributed by atoms with Gasteiger partial charge in [-0.2, -0.15) is 0 Å². The van der Waals surface area contributed by atoms with Crippen molar-refractivity contribution in [2.24, 2.45) is 0 Å². The molecular formula is C8H8ClNO. The van der Waals surface area contributed by atoms with Gasteiger partial charge in [-0.1, -0.05) is 11.6 Å². The van der Waals surface area contributed by atoms with Gasteiger partial charge in [0.2, 0.25) is 0 Å². The van der Waals surface area contributed by atoms with Crippen LogP contribution in [0.3, 0.4) is 0 Å². The van der Waals surface area contributed by atoms with Crippen LogP contribution in [0.1, 0.15) is 12.6 Å². The fraction of sp³-hybridized carbons (Fsp3) is 0.375. The van der Waals surface area contributed by atoms with E-state index < -0.39 is 0 Å². The smallest absolute Gasteiger partial charge is 0.159 e. The Morgan fingerprint density at radius 1 is 1.73 bits per heavy atom. The SMILES string of the molecule is CC1Cc2nccc(Cl)c2O1. The first kappa shape index (κ1) is 6.92. The van der Waals surface area contributed by atoms with Crippen LogP contribution in [0.25, 0.3) is 0 Å². The highest BCUT2D eigenvalue weighted by atomic mass is 35.5. The Labute approximate surface area is 70.2 Å². The molecule has 1 aromatic heterocycles. The van der Waals surface area contributed by atoms with Crippen molar-refractivity contribution in [1.82, 2.24) is 4.98 Å². The summed E-state index contributed by atoms with van der Waals surface area (Å²) in [6.45, 7) is 2.01. The first-order valence-electron chi connectivity index (χ1n) is 3.57. The Balaban J connectivity index is 2.49. The maximum absolute atomic E-state index is 5.87. The minimum Gasteiger partial charge on any atom is -0.487 e. The molecule has 11 heavy (non-hydrogen) atoms. The summed E-state index contributed by atoms with van der Waals surface area (Å²) in [5.74, 6) is 0.765. The van der Waals surface area contributed by atoms with Gasteiger partial charge in [-0.3, -0.25) is 4.98 Å². The second-order valence-corrected chi connectivity index (χ2v) is 3.11. The van der Waals surface area contributed by atoms with Crippen LogP contribution in [0, 0.1) is 0 Å². The second-order valence-electron chi connectivity index (χ2n) is 2.70. The zero-order valence-electron chi connectivity index (χ0n) is 6.17. The lowest BCUT2D eigenvalue weighted by atomic mass is 10.2. The highest BCUT2D eigenvalue weighted by Gasteiger charge is 2.22. The molecule has 0 aliphatic carbocycles. The van der Waals surface area contributed by atoms with Crippen LogP contribution in [0.2, 0.25) is 5.02 Å². The zero-order chi connectivity index (χ0) is 7.84. The summed E-state index contributed by atoms with van der Waals surface area (Å²) in [5.41, 5.74) is 0.977. The van der Waals surface area contributed by atoms with Gasteiger partial charge in [0.15, 0.2) is 5.75 Å². The number of rotatable bonds is 0. The lowest BCUT2D eigenvalue weighted by molar-refractivity contribution is 0.255. The summed E-state index contributed by atoms with van der Waals surface area (Å²) in [6, 6.07) is 1.75. The van der Waals surface area contributed by atoms with Crippen molar-refractivity contribution in [3.05, 3.63) is 23.0 Å². The van der Waals surface area contributed by atoms with Gasteiger partial charge in [-0.05, 0) is 13.0 Å². The van der Waals surface area contributed by atoms with Crippen molar-refractivity contribution in [2.75, 3.05) is 0 Å². The van der Waals surface area contributed by atoms with Crippen molar-refractivity contribution in [2.45, 2.75) is 19.4 Å². The van der Waals surface area contributed by atoms with E-state index >= 15 is 0 Å². The molecule has 2 rings (SSSR count). The van der Waals surface area contributed by atoms with Crippen molar-refractivity contribution in [1.29, 1.82) is 0 Å². The third kappa shape index (κ3) is 1.07. The summed E-state index contributed by atoms with van der Waals surface area (Å²) in [6.07, 6.45) is 2.80. The molecular weight excluding hydrogens is 162 g/mol. The number of nitrogens with zero attached hydrogens (tertiary/aromatic N) is 1. The van der Waals surface area contributed by atoms with Crippen LogP contribution < -0.4 is 4.74 Å². The van der Waals surface area contributed by atoms with Gasteiger partial charge in [0.25, 0.3) is 0 Å². The van der Waals surface area contributed by atoms with Gasteiger partial charge in [0.05, 0.1) is 10.7 Å². The maximum Gasteiger partial charge on any atom is 0.159 e. The molecule has 1 unspecified atom stereocenters. The van der Waals surface area contributed by atoms with E-state index in [4.69, 9.17) is 16.3 Å². The van der Waals surface area contributed by atoms with Crippen molar-refractivity contribution < 1.29 is 4.74 Å². The van der Waals surface area contributed by atoms with E-state index in [0.717, 1.165) is 17.9 Å². The van der Waals surface area contributed by atoms with E-state index in [0.29, 0.717) is 5.02 Å². The van der Waals surface area contributed by atoms with E-state index in [1.54, 1.807) is 12.3 Å². The van der Waals surface area contributed by atoms with Gasteiger partial charge >= 0.3 is 0 Å². The average molecular weight is 170 g/mol. The predicted molar refractivity (Wildman–Crippen MR) is 43.0 cm³/mol. The number of halogens is 1. The molecule has 1 aliphatic rings.